The molecule has 2 N–H and O–H groups in total. The maximum absolute atomic E-state index is 5.96. The molecule has 4 aromatic rings. The summed E-state index contributed by atoms with van der Waals surface area (Å²) in [5.41, 5.74) is 6.40. The minimum atomic E-state index is -0.461. The highest BCUT2D eigenvalue weighted by atomic mass is 79.9. The fourth-order valence-corrected chi connectivity index (χ4v) is 8.27. The van der Waals surface area contributed by atoms with Crippen LogP contribution in [0.5, 0.6) is 5.75 Å². The standard InChI is InChI=1S/C34H43BrN9OP/c1-42(2)23-19-44(20-23)22-10-14-43(15-11-22)29-17-30(45-3)28(16-24(29)21-6-7-21)40-34-38-18-25(35)33(41-34)39-27-9-8-26-31(32(27)46(4)5)37-13-12-36-26/h8-9,12-13,16-18,21-23H,6-7,10-11,14-15,19-20H2,1-5H3,(H2,38,39,40,41). The minimum Gasteiger partial charge on any atom is -0.494 e. The molecule has 2 aromatic heterocycles. The molecule has 3 fully saturated rings. The Hall–Kier alpha value is -3.11. The molecule has 0 radical (unpaired) electrons. The highest BCUT2D eigenvalue weighted by Crippen LogP contribution is 2.48. The molecule has 7 rings (SSSR count). The van der Waals surface area contributed by atoms with Gasteiger partial charge in [0.15, 0.2) is 0 Å². The van der Waals surface area contributed by atoms with Gasteiger partial charge in [0.2, 0.25) is 5.95 Å². The number of rotatable bonds is 10. The number of fused-ring (bicyclic) bond motifs is 1. The Kier molecular flexibility index (Phi) is 9.02. The highest BCUT2D eigenvalue weighted by Gasteiger charge is 2.36. The third-order valence-corrected chi connectivity index (χ3v) is 11.5. The molecule has 0 atom stereocenters. The van der Waals surface area contributed by atoms with Gasteiger partial charge in [-0.05, 0) is 98.7 Å². The van der Waals surface area contributed by atoms with Crippen molar-refractivity contribution in [2.75, 3.05) is 76.2 Å². The van der Waals surface area contributed by atoms with Gasteiger partial charge in [0.25, 0.3) is 0 Å². The molecule has 242 valence electrons. The molecule has 0 bridgehead atoms. The topological polar surface area (TPSA) is 94.6 Å². The van der Waals surface area contributed by atoms with E-state index in [4.69, 9.17) is 9.72 Å². The van der Waals surface area contributed by atoms with Crippen LogP contribution in [0.25, 0.3) is 11.0 Å². The number of nitrogens with zero attached hydrogens (tertiary/aromatic N) is 7. The number of anilines is 5. The summed E-state index contributed by atoms with van der Waals surface area (Å²) in [7, 11) is 5.67. The summed E-state index contributed by atoms with van der Waals surface area (Å²) in [6.07, 6.45) is 10.1. The second-order valence-corrected chi connectivity index (χ2v) is 16.2. The highest BCUT2D eigenvalue weighted by molar-refractivity contribution is 9.10. The van der Waals surface area contributed by atoms with Crippen LogP contribution in [0.3, 0.4) is 0 Å². The van der Waals surface area contributed by atoms with E-state index in [2.05, 4.69) is 102 Å². The van der Waals surface area contributed by atoms with Gasteiger partial charge in [0.1, 0.15) is 11.6 Å². The molecular formula is C34H43BrN9OP. The van der Waals surface area contributed by atoms with Crippen LogP contribution in [0.4, 0.5) is 28.8 Å². The first kappa shape index (κ1) is 31.5. The minimum absolute atomic E-state index is 0.461. The lowest BCUT2D eigenvalue weighted by atomic mass is 9.95. The summed E-state index contributed by atoms with van der Waals surface area (Å²) >= 11 is 3.66. The molecule has 2 saturated heterocycles. The monoisotopic (exact) mass is 703 g/mol. The van der Waals surface area contributed by atoms with E-state index >= 15 is 0 Å². The Bertz CT molecular complexity index is 1720. The van der Waals surface area contributed by atoms with Crippen LogP contribution < -0.4 is 25.6 Å². The van der Waals surface area contributed by atoms with Gasteiger partial charge in [0, 0.05) is 79.6 Å². The van der Waals surface area contributed by atoms with Crippen LogP contribution in [-0.2, 0) is 0 Å². The Labute approximate surface area is 281 Å². The fraction of sp³-hybridized carbons (Fsp3) is 0.471. The molecule has 10 nitrogen and oxygen atoms in total. The Balaban J connectivity index is 1.11. The van der Waals surface area contributed by atoms with E-state index in [1.807, 2.05) is 6.07 Å². The summed E-state index contributed by atoms with van der Waals surface area (Å²) in [4.78, 5) is 26.3. The average molecular weight is 705 g/mol. The summed E-state index contributed by atoms with van der Waals surface area (Å²) in [6, 6.07) is 9.96. The summed E-state index contributed by atoms with van der Waals surface area (Å²) in [5.74, 6) is 2.57. The molecular weight excluding hydrogens is 661 g/mol. The van der Waals surface area contributed by atoms with Crippen LogP contribution in [-0.4, -0.2) is 103 Å². The number of aromatic nitrogens is 4. The number of likely N-dealkylation sites (tertiary alicyclic amines) is 1. The maximum Gasteiger partial charge on any atom is 0.229 e. The number of likely N-dealkylation sites (N-methyl/N-ethyl adjacent to an activating group) is 1. The molecule has 0 unspecified atom stereocenters. The first-order valence-electron chi connectivity index (χ1n) is 16.1. The number of benzene rings is 2. The predicted molar refractivity (Wildman–Crippen MR) is 193 cm³/mol. The van der Waals surface area contributed by atoms with Gasteiger partial charge < -0.3 is 25.2 Å². The van der Waals surface area contributed by atoms with Gasteiger partial charge in [-0.1, -0.05) is 7.92 Å². The molecule has 3 aliphatic rings. The van der Waals surface area contributed by atoms with Crippen molar-refractivity contribution < 1.29 is 4.74 Å². The number of piperidine rings is 1. The van der Waals surface area contributed by atoms with E-state index in [1.54, 1.807) is 25.7 Å². The normalized spacial score (nSPS) is 18.0. The molecule has 1 saturated carbocycles. The number of nitrogens with one attached hydrogen (secondary N) is 2. The van der Waals surface area contributed by atoms with E-state index in [1.165, 1.54) is 55.3 Å². The van der Waals surface area contributed by atoms with Gasteiger partial charge in [0.05, 0.1) is 28.3 Å². The van der Waals surface area contributed by atoms with Crippen LogP contribution in [0.2, 0.25) is 0 Å². The number of methoxy groups -OCH3 is 1. The van der Waals surface area contributed by atoms with Crippen molar-refractivity contribution in [2.45, 2.75) is 43.7 Å². The van der Waals surface area contributed by atoms with E-state index < -0.39 is 7.92 Å². The largest absolute Gasteiger partial charge is 0.494 e. The third-order valence-electron chi connectivity index (χ3n) is 9.61. The van der Waals surface area contributed by atoms with E-state index in [0.29, 0.717) is 29.8 Å². The van der Waals surface area contributed by atoms with Crippen molar-refractivity contribution in [3.63, 3.8) is 0 Å². The quantitative estimate of drug-likeness (QED) is 0.188. The second-order valence-electron chi connectivity index (χ2n) is 13.1. The van der Waals surface area contributed by atoms with Crippen molar-refractivity contribution >= 4 is 69.0 Å². The Morgan fingerprint density at radius 3 is 2.41 bits per heavy atom. The molecule has 0 spiro atoms. The molecule has 1 aliphatic carbocycles. The van der Waals surface area contributed by atoms with Crippen LogP contribution in [0.15, 0.2) is 47.3 Å². The van der Waals surface area contributed by atoms with Gasteiger partial charge in [-0.2, -0.15) is 4.98 Å². The molecule has 2 aliphatic heterocycles. The van der Waals surface area contributed by atoms with Crippen molar-refractivity contribution in [3.8, 4) is 5.75 Å². The van der Waals surface area contributed by atoms with Crippen molar-refractivity contribution in [1.29, 1.82) is 0 Å². The lowest BCUT2D eigenvalue weighted by Crippen LogP contribution is -2.62. The lowest BCUT2D eigenvalue weighted by molar-refractivity contribution is 0.0188. The zero-order valence-corrected chi connectivity index (χ0v) is 29.8. The van der Waals surface area contributed by atoms with Gasteiger partial charge in [-0.3, -0.25) is 14.9 Å². The number of halogens is 1. The first-order valence-corrected chi connectivity index (χ1v) is 19.2. The Morgan fingerprint density at radius 2 is 1.72 bits per heavy atom. The van der Waals surface area contributed by atoms with E-state index in [-0.39, 0.29) is 0 Å². The summed E-state index contributed by atoms with van der Waals surface area (Å²) in [5, 5.41) is 8.21. The van der Waals surface area contributed by atoms with Crippen LogP contribution in [0.1, 0.15) is 37.2 Å². The zero-order valence-electron chi connectivity index (χ0n) is 27.3. The fourth-order valence-electron chi connectivity index (χ4n) is 6.77. The van der Waals surface area contributed by atoms with Gasteiger partial charge >= 0.3 is 0 Å². The predicted octanol–water partition coefficient (Wildman–Crippen LogP) is 6.14. The summed E-state index contributed by atoms with van der Waals surface area (Å²) in [6.45, 7) is 9.02. The lowest BCUT2D eigenvalue weighted by Gasteiger charge is -2.49. The smallest absolute Gasteiger partial charge is 0.229 e. The molecule has 4 heterocycles. The Morgan fingerprint density at radius 1 is 0.957 bits per heavy atom. The van der Waals surface area contributed by atoms with Crippen LogP contribution >= 0.6 is 23.9 Å². The number of ether oxygens (including phenoxy) is 1. The van der Waals surface area contributed by atoms with Crippen molar-refractivity contribution in [3.05, 3.63) is 52.9 Å². The maximum atomic E-state index is 5.96. The molecule has 0 amide bonds. The van der Waals surface area contributed by atoms with Gasteiger partial charge in [-0.25, -0.2) is 4.98 Å². The first-order chi connectivity index (χ1) is 22.3. The SMILES string of the molecule is COc1cc(N2CCC(N3CC(N(C)C)C3)CC2)c(C2CC2)cc1Nc1ncc(Br)c(Nc2ccc3nccnc3c2P(C)C)n1. The van der Waals surface area contributed by atoms with Crippen LogP contribution in [0, 0.1) is 0 Å². The van der Waals surface area contributed by atoms with Gasteiger partial charge in [-0.15, -0.1) is 0 Å². The molecule has 46 heavy (non-hydrogen) atoms. The third kappa shape index (κ3) is 6.39. The molecule has 2 aromatic carbocycles. The van der Waals surface area contributed by atoms with Crippen molar-refractivity contribution in [2.24, 2.45) is 0 Å². The zero-order chi connectivity index (χ0) is 31.9. The summed E-state index contributed by atoms with van der Waals surface area (Å²) < 4.78 is 6.74. The number of hydrogen-bond donors (Lipinski definition) is 2. The second kappa shape index (κ2) is 13.2. The van der Waals surface area contributed by atoms with E-state index in [0.717, 1.165) is 45.7 Å². The van der Waals surface area contributed by atoms with Crippen molar-refractivity contribution in [1.82, 2.24) is 29.7 Å². The average Bonchev–Trinajstić information content (AvgIpc) is 3.87. The molecule has 12 heteroatoms. The van der Waals surface area contributed by atoms with E-state index in [9.17, 15) is 0 Å². The number of hydrogen-bond acceptors (Lipinski definition) is 10.